The molecule has 0 saturated heterocycles. The summed E-state index contributed by atoms with van der Waals surface area (Å²) in [5.74, 6) is -2.18. The quantitative estimate of drug-likeness (QED) is 0.220. The number of benzene rings is 2. The maximum Gasteiger partial charge on any atom is 0.455 e. The van der Waals surface area contributed by atoms with Gasteiger partial charge < -0.3 is 5.32 Å². The Morgan fingerprint density at radius 3 is 2.47 bits per heavy atom. The van der Waals surface area contributed by atoms with Crippen LogP contribution in [-0.2, 0) is 25.7 Å². The van der Waals surface area contributed by atoms with Gasteiger partial charge in [-0.15, -0.1) is 10.2 Å². The first-order valence-electron chi connectivity index (χ1n) is 12.7. The molecule has 0 fully saturated rings. The lowest BCUT2D eigenvalue weighted by molar-refractivity contribution is -0.145. The fraction of sp³-hybridized carbons (Fsp3) is 0.179. The molecule has 10 nitrogen and oxygen atoms in total. The Morgan fingerprint density at radius 1 is 1.00 bits per heavy atom. The van der Waals surface area contributed by atoms with Crippen LogP contribution in [0.3, 0.4) is 0 Å². The molecule has 15 heteroatoms. The number of pyridine rings is 1. The van der Waals surface area contributed by atoms with Crippen molar-refractivity contribution >= 4 is 34.9 Å². The van der Waals surface area contributed by atoms with Crippen molar-refractivity contribution < 1.29 is 22.8 Å². The summed E-state index contributed by atoms with van der Waals surface area (Å²) >= 11 is 12.6. The fourth-order valence-corrected chi connectivity index (χ4v) is 4.78. The number of hydrogen-bond donors (Lipinski definition) is 1. The normalized spacial score (nSPS) is 11.5. The molecule has 0 spiro atoms. The van der Waals surface area contributed by atoms with Crippen molar-refractivity contribution in [1.29, 1.82) is 0 Å². The number of rotatable bonds is 9. The molecule has 5 rings (SSSR count). The molecule has 3 heterocycles. The molecule has 0 atom stereocenters. The molecular weight excluding hydrogens is 608 g/mol. The third-order valence-corrected chi connectivity index (χ3v) is 6.82. The molecule has 0 aliphatic rings. The summed E-state index contributed by atoms with van der Waals surface area (Å²) in [7, 11) is 0. The molecular formula is C28H21Cl2F3N8O2. The number of amides is 1. The smallest absolute Gasteiger partial charge is 0.348 e. The number of ketones is 1. The number of aromatic nitrogens is 7. The van der Waals surface area contributed by atoms with Gasteiger partial charge in [0.15, 0.2) is 11.6 Å². The van der Waals surface area contributed by atoms with Gasteiger partial charge in [0.1, 0.15) is 12.2 Å². The number of nitrogens with one attached hydrogen (secondary N) is 1. The molecule has 1 amide bonds. The van der Waals surface area contributed by atoms with E-state index in [0.717, 1.165) is 5.56 Å². The monoisotopic (exact) mass is 628 g/mol. The van der Waals surface area contributed by atoms with Crippen molar-refractivity contribution in [2.75, 3.05) is 0 Å². The summed E-state index contributed by atoms with van der Waals surface area (Å²) in [5.41, 5.74) is 2.33. The van der Waals surface area contributed by atoms with Gasteiger partial charge in [-0.2, -0.15) is 23.1 Å². The van der Waals surface area contributed by atoms with Gasteiger partial charge in [0.2, 0.25) is 0 Å². The summed E-state index contributed by atoms with van der Waals surface area (Å²) < 4.78 is 40.1. The van der Waals surface area contributed by atoms with Crippen molar-refractivity contribution in [3.05, 3.63) is 116 Å². The first-order valence-corrected chi connectivity index (χ1v) is 13.4. The van der Waals surface area contributed by atoms with Gasteiger partial charge in [0.05, 0.1) is 10.7 Å². The van der Waals surface area contributed by atoms with Gasteiger partial charge in [-0.25, -0.2) is 9.67 Å². The minimum atomic E-state index is -4.78. The summed E-state index contributed by atoms with van der Waals surface area (Å²) in [4.78, 5) is 32.0. The van der Waals surface area contributed by atoms with Gasteiger partial charge in [-0.3, -0.25) is 9.59 Å². The second kappa shape index (κ2) is 12.3. The molecule has 2 aromatic carbocycles. The van der Waals surface area contributed by atoms with Gasteiger partial charge in [0, 0.05) is 29.7 Å². The molecule has 5 aromatic rings. The van der Waals surface area contributed by atoms with Crippen molar-refractivity contribution in [3.8, 4) is 5.82 Å². The van der Waals surface area contributed by atoms with E-state index in [2.05, 4.69) is 30.8 Å². The first-order chi connectivity index (χ1) is 20.5. The highest BCUT2D eigenvalue weighted by atomic mass is 35.5. The molecule has 0 aliphatic heterocycles. The maximum absolute atomic E-state index is 13.8. The molecule has 0 unspecified atom stereocenters. The van der Waals surface area contributed by atoms with E-state index in [1.165, 1.54) is 23.0 Å². The van der Waals surface area contributed by atoms with E-state index < -0.39 is 23.7 Å². The van der Waals surface area contributed by atoms with Gasteiger partial charge in [-0.1, -0.05) is 53.5 Å². The Balaban J connectivity index is 1.47. The summed E-state index contributed by atoms with van der Waals surface area (Å²) in [5, 5.41) is 17.5. The molecule has 3 aromatic heterocycles. The highest BCUT2D eigenvalue weighted by molar-refractivity contribution is 6.32. The number of aryl methyl sites for hydroxylation is 1. The SMILES string of the molecule is Cc1cc(Cl)cc(C(=O)NCc2ccccc2)c1CC(=O)c1cc(Cn2nnc(C(F)(F)F)n2)nn1-c1ncccc1Cl. The Morgan fingerprint density at radius 2 is 1.77 bits per heavy atom. The van der Waals surface area contributed by atoms with E-state index in [1.54, 1.807) is 25.1 Å². The molecule has 43 heavy (non-hydrogen) atoms. The third-order valence-electron chi connectivity index (χ3n) is 6.31. The molecule has 0 bridgehead atoms. The first kappa shape index (κ1) is 29.9. The van der Waals surface area contributed by atoms with Crippen LogP contribution in [-0.4, -0.2) is 46.7 Å². The highest BCUT2D eigenvalue weighted by Gasteiger charge is 2.37. The predicted octanol–water partition coefficient (Wildman–Crippen LogP) is 5.29. The second-order valence-corrected chi connectivity index (χ2v) is 10.2. The van der Waals surface area contributed by atoms with E-state index in [1.807, 2.05) is 30.3 Å². The second-order valence-electron chi connectivity index (χ2n) is 9.40. The van der Waals surface area contributed by atoms with E-state index in [0.29, 0.717) is 20.9 Å². The standard InChI is InChI=1S/C28H21Cl2F3N8O2/c1-16-10-18(29)11-21(26(43)35-14-17-6-3-2-4-7-17)20(16)13-24(42)23-12-19(15-40-38-27(36-39-40)28(31,32)33)37-41(23)25-22(30)8-5-9-34-25/h2-12H,13-15H2,1H3,(H,35,43). The average Bonchev–Trinajstić information content (AvgIpc) is 3.62. The maximum atomic E-state index is 13.8. The minimum Gasteiger partial charge on any atom is -0.348 e. The van der Waals surface area contributed by atoms with Crippen LogP contribution < -0.4 is 5.32 Å². The number of carbonyl (C=O) groups is 2. The molecule has 0 radical (unpaired) electrons. The van der Waals surface area contributed by atoms with Crippen molar-refractivity contribution in [1.82, 2.24) is 40.3 Å². The zero-order chi connectivity index (χ0) is 30.7. The lowest BCUT2D eigenvalue weighted by Crippen LogP contribution is -2.25. The number of hydrogen-bond acceptors (Lipinski definition) is 7. The topological polar surface area (TPSA) is 120 Å². The molecule has 1 N–H and O–H groups in total. The summed E-state index contributed by atoms with van der Waals surface area (Å²) in [6.45, 7) is 1.67. The van der Waals surface area contributed by atoms with Crippen LogP contribution in [0.15, 0.2) is 66.9 Å². The van der Waals surface area contributed by atoms with Crippen LogP contribution >= 0.6 is 23.2 Å². The number of carbonyl (C=O) groups excluding carboxylic acids is 2. The van der Waals surface area contributed by atoms with Gasteiger partial charge in [-0.05, 0) is 59.2 Å². The van der Waals surface area contributed by atoms with E-state index in [9.17, 15) is 22.8 Å². The Kier molecular flexibility index (Phi) is 8.55. The largest absolute Gasteiger partial charge is 0.455 e. The van der Waals surface area contributed by atoms with Gasteiger partial charge >= 0.3 is 6.18 Å². The molecule has 0 aliphatic carbocycles. The Bertz CT molecular complexity index is 1810. The van der Waals surface area contributed by atoms with Crippen LogP contribution in [0.4, 0.5) is 13.2 Å². The Hall–Kier alpha value is -4.62. The average molecular weight is 629 g/mol. The predicted molar refractivity (Wildman–Crippen MR) is 150 cm³/mol. The summed E-state index contributed by atoms with van der Waals surface area (Å²) in [6, 6.07) is 17.0. The third kappa shape index (κ3) is 6.89. The van der Waals surface area contributed by atoms with E-state index >= 15 is 0 Å². The number of halogens is 5. The molecule has 0 saturated carbocycles. The minimum absolute atomic E-state index is 0.0248. The highest BCUT2D eigenvalue weighted by Crippen LogP contribution is 2.27. The zero-order valence-corrected chi connectivity index (χ0v) is 23.8. The van der Waals surface area contributed by atoms with E-state index in [-0.39, 0.29) is 47.3 Å². The van der Waals surface area contributed by atoms with Crippen LogP contribution in [0.25, 0.3) is 5.82 Å². The molecule has 220 valence electrons. The van der Waals surface area contributed by atoms with E-state index in [4.69, 9.17) is 23.2 Å². The lowest BCUT2D eigenvalue weighted by Gasteiger charge is -2.14. The number of tetrazole rings is 1. The van der Waals surface area contributed by atoms with Crippen LogP contribution in [0, 0.1) is 6.92 Å². The van der Waals surface area contributed by atoms with Gasteiger partial charge in [0.25, 0.3) is 11.7 Å². The Labute approximate surface area is 252 Å². The van der Waals surface area contributed by atoms with Crippen LogP contribution in [0.5, 0.6) is 0 Å². The van der Waals surface area contributed by atoms with Crippen molar-refractivity contribution in [2.24, 2.45) is 0 Å². The van der Waals surface area contributed by atoms with Crippen molar-refractivity contribution in [3.63, 3.8) is 0 Å². The lowest BCUT2D eigenvalue weighted by atomic mass is 9.95. The number of alkyl halides is 3. The number of nitrogens with zero attached hydrogens (tertiary/aromatic N) is 7. The summed E-state index contributed by atoms with van der Waals surface area (Å²) in [6.07, 6.45) is -3.56. The van der Waals surface area contributed by atoms with Crippen LogP contribution in [0.2, 0.25) is 10.0 Å². The zero-order valence-electron chi connectivity index (χ0n) is 22.3. The van der Waals surface area contributed by atoms with Crippen molar-refractivity contribution in [2.45, 2.75) is 32.6 Å². The number of Topliss-reactive ketones (excluding diaryl/α,β-unsaturated/α-hetero) is 1. The van der Waals surface area contributed by atoms with Crippen LogP contribution in [0.1, 0.15) is 49.1 Å². The fourth-order valence-electron chi connectivity index (χ4n) is 4.30.